The molecule has 0 aliphatic carbocycles. The maximum absolute atomic E-state index is 13.2. The maximum Gasteiger partial charge on any atom is 0.244 e. The zero-order valence-electron chi connectivity index (χ0n) is 23.0. The Morgan fingerprint density at radius 1 is 0.854 bits per heavy atom. The summed E-state index contributed by atoms with van der Waals surface area (Å²) in [7, 11) is 0. The molecule has 9 heteroatoms. The molecule has 3 aliphatic heterocycles. The minimum Gasteiger partial charge on any atom is -0.489 e. The number of hydrogen-bond acceptors (Lipinski definition) is 7. The summed E-state index contributed by atoms with van der Waals surface area (Å²) in [5.41, 5.74) is 5.06. The van der Waals surface area contributed by atoms with Crippen LogP contribution in [0.1, 0.15) is 46.9 Å². The molecule has 2 amide bonds. The van der Waals surface area contributed by atoms with Gasteiger partial charge in [-0.1, -0.05) is 48.5 Å². The number of nitrogens with zero attached hydrogens (tertiary/aromatic N) is 3. The molecule has 2 N–H and O–H groups in total. The third-order valence-electron chi connectivity index (χ3n) is 8.32. The summed E-state index contributed by atoms with van der Waals surface area (Å²) in [6.07, 6.45) is -0.256. The second-order valence-corrected chi connectivity index (χ2v) is 11.1. The number of hydrogen-bond donors (Lipinski definition) is 2. The lowest BCUT2D eigenvalue weighted by Gasteiger charge is -2.34. The van der Waals surface area contributed by atoms with Crippen molar-refractivity contribution in [2.75, 3.05) is 26.2 Å². The lowest BCUT2D eigenvalue weighted by molar-refractivity contribution is -0.141. The first kappa shape index (κ1) is 27.5. The Bertz CT molecular complexity index is 1390. The molecule has 6 rings (SSSR count). The number of carbonyl (C=O) groups is 2. The zero-order valence-corrected chi connectivity index (χ0v) is 23.0. The first-order valence-electron chi connectivity index (χ1n) is 14.2. The van der Waals surface area contributed by atoms with Crippen molar-refractivity contribution in [3.05, 3.63) is 100 Å². The average molecular weight is 559 g/mol. The van der Waals surface area contributed by atoms with Crippen molar-refractivity contribution in [3.63, 3.8) is 0 Å². The Balaban J connectivity index is 0.999. The van der Waals surface area contributed by atoms with Gasteiger partial charge in [-0.15, -0.1) is 0 Å². The second kappa shape index (κ2) is 12.1. The normalized spacial score (nSPS) is 22.0. The molecule has 3 heterocycles. The van der Waals surface area contributed by atoms with Gasteiger partial charge in [0.15, 0.2) is 0 Å². The number of amides is 2. The molecule has 0 saturated carbocycles. The lowest BCUT2D eigenvalue weighted by atomic mass is 10.0. The molecule has 0 bridgehead atoms. The molecule has 2 saturated heterocycles. The van der Waals surface area contributed by atoms with Gasteiger partial charge in [-0.25, -0.2) is 4.39 Å². The van der Waals surface area contributed by atoms with E-state index in [2.05, 4.69) is 39.4 Å². The van der Waals surface area contributed by atoms with Gasteiger partial charge >= 0.3 is 0 Å². The topological polar surface area (TPSA) is 85.3 Å². The largest absolute Gasteiger partial charge is 0.489 e. The molecule has 3 aromatic carbocycles. The smallest absolute Gasteiger partial charge is 0.244 e. The van der Waals surface area contributed by atoms with Crippen molar-refractivity contribution < 1.29 is 23.8 Å². The number of benzene rings is 3. The van der Waals surface area contributed by atoms with Crippen molar-refractivity contribution in [2.24, 2.45) is 0 Å². The van der Waals surface area contributed by atoms with Crippen molar-refractivity contribution in [3.8, 4) is 5.75 Å². The minimum absolute atomic E-state index is 0.196. The highest BCUT2D eigenvalue weighted by Crippen LogP contribution is 2.39. The summed E-state index contributed by atoms with van der Waals surface area (Å²) in [5.74, 6) is -0.131. The summed E-state index contributed by atoms with van der Waals surface area (Å²) in [6, 6.07) is 20.3. The molecular weight excluding hydrogens is 523 g/mol. The number of piperazine rings is 1. The summed E-state index contributed by atoms with van der Waals surface area (Å²) in [4.78, 5) is 30.6. The first-order chi connectivity index (χ1) is 19.9. The van der Waals surface area contributed by atoms with E-state index in [0.717, 1.165) is 61.5 Å². The van der Waals surface area contributed by atoms with Crippen molar-refractivity contribution in [1.29, 1.82) is 0 Å². The molecule has 3 aromatic rings. The van der Waals surface area contributed by atoms with Crippen LogP contribution in [0.4, 0.5) is 4.39 Å². The number of halogens is 1. The Hall–Kier alpha value is -3.63. The van der Waals surface area contributed by atoms with Crippen LogP contribution in [0.5, 0.6) is 5.75 Å². The van der Waals surface area contributed by atoms with E-state index in [1.807, 2.05) is 30.3 Å². The highest BCUT2D eigenvalue weighted by atomic mass is 19.1. The van der Waals surface area contributed by atoms with Crippen LogP contribution >= 0.6 is 0 Å². The van der Waals surface area contributed by atoms with E-state index in [4.69, 9.17) is 4.74 Å². The number of imide groups is 1. The zero-order chi connectivity index (χ0) is 28.3. The standard InChI is InChI=1S/C32H35FN4O4/c33-25-10-8-23(9-11-25)19-36-16-14-35(15-17-36)18-22-4-6-24(7-5-22)21-41-29-3-1-2-26-27(29)20-37(32(26)40)28-12-13-30(38)34-31(28)39/h1-11,28,32,40H,12-21H2,(H,34,38,39). The fraction of sp³-hybridized carbons (Fsp3) is 0.375. The van der Waals surface area contributed by atoms with E-state index < -0.39 is 12.3 Å². The van der Waals surface area contributed by atoms with Gasteiger partial charge in [0, 0.05) is 63.4 Å². The number of aliphatic hydroxyl groups is 1. The summed E-state index contributed by atoms with van der Waals surface area (Å²) in [5, 5.41) is 13.3. The Morgan fingerprint density at radius 2 is 1.46 bits per heavy atom. The van der Waals surface area contributed by atoms with Crippen LogP contribution in [0.15, 0.2) is 66.7 Å². The molecule has 214 valence electrons. The number of carbonyl (C=O) groups excluding carboxylic acids is 2. The summed E-state index contributed by atoms with van der Waals surface area (Å²) >= 11 is 0. The third kappa shape index (κ3) is 6.33. The van der Waals surface area contributed by atoms with Crippen LogP contribution in [-0.2, 0) is 35.8 Å². The number of aliphatic hydroxyl groups excluding tert-OH is 1. The fourth-order valence-corrected chi connectivity index (χ4v) is 5.97. The highest BCUT2D eigenvalue weighted by molar-refractivity contribution is 6.00. The molecule has 2 fully saturated rings. The van der Waals surface area contributed by atoms with Gasteiger partial charge in [0.2, 0.25) is 11.8 Å². The number of nitrogens with one attached hydrogen (secondary N) is 1. The molecule has 2 unspecified atom stereocenters. The van der Waals surface area contributed by atoms with E-state index in [-0.39, 0.29) is 24.1 Å². The molecule has 0 radical (unpaired) electrons. The van der Waals surface area contributed by atoms with Crippen LogP contribution in [0.2, 0.25) is 0 Å². The van der Waals surface area contributed by atoms with Crippen molar-refractivity contribution in [1.82, 2.24) is 20.0 Å². The van der Waals surface area contributed by atoms with Crippen LogP contribution in [0.3, 0.4) is 0 Å². The molecule has 0 aromatic heterocycles. The quantitative estimate of drug-likeness (QED) is 0.411. The minimum atomic E-state index is -0.915. The maximum atomic E-state index is 13.2. The average Bonchev–Trinajstić information content (AvgIpc) is 3.31. The van der Waals surface area contributed by atoms with E-state index in [1.165, 1.54) is 17.7 Å². The van der Waals surface area contributed by atoms with Gasteiger partial charge in [0.25, 0.3) is 0 Å². The Labute approximate surface area is 239 Å². The van der Waals surface area contributed by atoms with Gasteiger partial charge in [0.05, 0.1) is 6.04 Å². The monoisotopic (exact) mass is 558 g/mol. The second-order valence-electron chi connectivity index (χ2n) is 11.1. The first-order valence-corrected chi connectivity index (χ1v) is 14.2. The highest BCUT2D eigenvalue weighted by Gasteiger charge is 2.40. The number of ether oxygens (including phenoxy) is 1. The van der Waals surface area contributed by atoms with E-state index in [0.29, 0.717) is 25.3 Å². The van der Waals surface area contributed by atoms with Crippen LogP contribution in [0, 0.1) is 5.82 Å². The van der Waals surface area contributed by atoms with Crippen LogP contribution in [0.25, 0.3) is 0 Å². The Morgan fingerprint density at radius 3 is 2.10 bits per heavy atom. The van der Waals surface area contributed by atoms with Gasteiger partial charge < -0.3 is 9.84 Å². The predicted molar refractivity (Wildman–Crippen MR) is 151 cm³/mol. The van der Waals surface area contributed by atoms with Crippen LogP contribution < -0.4 is 10.1 Å². The third-order valence-corrected chi connectivity index (χ3v) is 8.32. The van der Waals surface area contributed by atoms with Gasteiger partial charge in [0.1, 0.15) is 24.4 Å². The van der Waals surface area contributed by atoms with Gasteiger partial charge in [-0.3, -0.25) is 29.6 Å². The predicted octanol–water partition coefficient (Wildman–Crippen LogP) is 3.33. The number of fused-ring (bicyclic) bond motifs is 1. The summed E-state index contributed by atoms with van der Waals surface area (Å²) in [6.45, 7) is 6.48. The molecule has 8 nitrogen and oxygen atoms in total. The van der Waals surface area contributed by atoms with E-state index in [9.17, 15) is 19.1 Å². The summed E-state index contributed by atoms with van der Waals surface area (Å²) < 4.78 is 19.4. The molecular formula is C32H35FN4O4. The fourth-order valence-electron chi connectivity index (χ4n) is 5.97. The van der Waals surface area contributed by atoms with E-state index in [1.54, 1.807) is 4.90 Å². The number of piperidine rings is 1. The number of rotatable bonds is 8. The molecule has 0 spiro atoms. The molecule has 41 heavy (non-hydrogen) atoms. The van der Waals surface area contributed by atoms with Gasteiger partial charge in [-0.2, -0.15) is 0 Å². The molecule has 3 aliphatic rings. The van der Waals surface area contributed by atoms with E-state index >= 15 is 0 Å². The SMILES string of the molecule is O=C1CCC(N2Cc3c(OCc4ccc(CN5CCN(Cc6ccc(F)cc6)CC5)cc4)cccc3C2O)C(=O)N1. The van der Waals surface area contributed by atoms with Crippen molar-refractivity contribution >= 4 is 11.8 Å². The van der Waals surface area contributed by atoms with Crippen LogP contribution in [-0.4, -0.2) is 63.8 Å². The lowest BCUT2D eigenvalue weighted by Crippen LogP contribution is -2.51. The van der Waals surface area contributed by atoms with Gasteiger partial charge in [-0.05, 0) is 41.3 Å². The van der Waals surface area contributed by atoms with Crippen molar-refractivity contribution in [2.45, 2.75) is 51.4 Å². The Kier molecular flexibility index (Phi) is 8.11. The molecule has 2 atom stereocenters.